The number of rotatable bonds is 9. The first kappa shape index (κ1) is 20.9. The Labute approximate surface area is 175 Å². The summed E-state index contributed by atoms with van der Waals surface area (Å²) in [5, 5.41) is 9.05. The Bertz CT molecular complexity index is 926. The van der Waals surface area contributed by atoms with Crippen molar-refractivity contribution in [3.8, 4) is 11.4 Å². The number of carbonyl (C=O) groups is 1. The monoisotopic (exact) mass is 411 g/mol. The van der Waals surface area contributed by atoms with E-state index in [1.165, 1.54) is 11.8 Å². The summed E-state index contributed by atoms with van der Waals surface area (Å²) in [6.45, 7) is 6.54. The number of ether oxygens (including phenoxy) is 2. The molecule has 0 radical (unpaired) electrons. The second-order valence-electron chi connectivity index (χ2n) is 6.34. The fourth-order valence-electron chi connectivity index (χ4n) is 2.85. The molecule has 2 aromatic carbocycles. The van der Waals surface area contributed by atoms with Crippen molar-refractivity contribution in [2.75, 3.05) is 13.2 Å². The fraction of sp³-hybridized carbons (Fsp3) is 0.318. The third kappa shape index (κ3) is 5.38. The van der Waals surface area contributed by atoms with Gasteiger partial charge in [0.25, 0.3) is 0 Å². The van der Waals surface area contributed by atoms with E-state index in [1.807, 2.05) is 60.9 Å². The standard InChI is InChI=1S/C22H25N3O3S/c1-4-27-19-13-11-18(12-14-19)25-20(15-17-9-7-6-8-10-17)23-24-22(25)29-16(3)21(26)28-5-2/h6-14,16H,4-5,15H2,1-3H3. The second kappa shape index (κ2) is 10.1. The van der Waals surface area contributed by atoms with Gasteiger partial charge in [0.2, 0.25) is 0 Å². The molecule has 0 fully saturated rings. The van der Waals surface area contributed by atoms with Crippen LogP contribution in [0.5, 0.6) is 5.75 Å². The first-order valence-electron chi connectivity index (χ1n) is 9.67. The molecule has 29 heavy (non-hydrogen) atoms. The van der Waals surface area contributed by atoms with Crippen molar-refractivity contribution in [3.05, 3.63) is 66.0 Å². The van der Waals surface area contributed by atoms with Crippen LogP contribution in [0.3, 0.4) is 0 Å². The van der Waals surface area contributed by atoms with E-state index in [9.17, 15) is 4.79 Å². The number of esters is 1. The predicted octanol–water partition coefficient (Wildman–Crippen LogP) is 4.30. The molecule has 1 heterocycles. The van der Waals surface area contributed by atoms with E-state index >= 15 is 0 Å². The number of benzene rings is 2. The normalized spacial score (nSPS) is 11.8. The van der Waals surface area contributed by atoms with Gasteiger partial charge < -0.3 is 9.47 Å². The average Bonchev–Trinajstić information content (AvgIpc) is 3.11. The van der Waals surface area contributed by atoms with Crippen molar-refractivity contribution in [2.24, 2.45) is 0 Å². The molecule has 3 aromatic rings. The minimum Gasteiger partial charge on any atom is -0.494 e. The zero-order valence-electron chi connectivity index (χ0n) is 16.9. The van der Waals surface area contributed by atoms with Crippen LogP contribution in [0.15, 0.2) is 59.8 Å². The van der Waals surface area contributed by atoms with Crippen molar-refractivity contribution in [1.29, 1.82) is 0 Å². The Morgan fingerprint density at radius 1 is 1.03 bits per heavy atom. The van der Waals surface area contributed by atoms with Crippen LogP contribution < -0.4 is 4.74 Å². The van der Waals surface area contributed by atoms with E-state index in [1.54, 1.807) is 6.92 Å². The van der Waals surface area contributed by atoms with Crippen molar-refractivity contribution in [2.45, 2.75) is 37.6 Å². The van der Waals surface area contributed by atoms with Gasteiger partial charge in [0, 0.05) is 12.1 Å². The van der Waals surface area contributed by atoms with E-state index in [-0.39, 0.29) is 11.2 Å². The minimum atomic E-state index is -0.384. The lowest BCUT2D eigenvalue weighted by Crippen LogP contribution is -2.17. The third-order valence-corrected chi connectivity index (χ3v) is 5.23. The van der Waals surface area contributed by atoms with Gasteiger partial charge in [-0.15, -0.1) is 10.2 Å². The molecule has 0 aliphatic rings. The summed E-state index contributed by atoms with van der Waals surface area (Å²) in [7, 11) is 0. The molecule has 0 saturated heterocycles. The van der Waals surface area contributed by atoms with Gasteiger partial charge in [0.15, 0.2) is 5.16 Å². The highest BCUT2D eigenvalue weighted by Crippen LogP contribution is 2.28. The Balaban J connectivity index is 1.94. The Morgan fingerprint density at radius 2 is 1.76 bits per heavy atom. The molecule has 1 aromatic heterocycles. The lowest BCUT2D eigenvalue weighted by Gasteiger charge is -2.13. The van der Waals surface area contributed by atoms with Crippen LogP contribution in [0.4, 0.5) is 0 Å². The second-order valence-corrected chi connectivity index (χ2v) is 7.64. The molecule has 152 valence electrons. The van der Waals surface area contributed by atoms with Crippen LogP contribution in [0, 0.1) is 0 Å². The molecule has 0 bridgehead atoms. The van der Waals surface area contributed by atoms with Gasteiger partial charge in [0.1, 0.15) is 16.8 Å². The van der Waals surface area contributed by atoms with Crippen LogP contribution in [-0.2, 0) is 16.0 Å². The van der Waals surface area contributed by atoms with Gasteiger partial charge >= 0.3 is 5.97 Å². The summed E-state index contributed by atoms with van der Waals surface area (Å²) in [5.41, 5.74) is 2.06. The van der Waals surface area contributed by atoms with Crippen molar-refractivity contribution in [1.82, 2.24) is 14.8 Å². The molecular formula is C22H25N3O3S. The summed E-state index contributed by atoms with van der Waals surface area (Å²) < 4.78 is 12.7. The van der Waals surface area contributed by atoms with Crippen LogP contribution in [0.25, 0.3) is 5.69 Å². The molecule has 0 aliphatic heterocycles. The molecule has 0 saturated carbocycles. The van der Waals surface area contributed by atoms with Crippen LogP contribution in [0.1, 0.15) is 32.2 Å². The highest BCUT2D eigenvalue weighted by atomic mass is 32.2. The number of hydrogen-bond acceptors (Lipinski definition) is 6. The van der Waals surface area contributed by atoms with E-state index in [2.05, 4.69) is 22.3 Å². The Morgan fingerprint density at radius 3 is 2.41 bits per heavy atom. The summed E-state index contributed by atoms with van der Waals surface area (Å²) in [6, 6.07) is 17.9. The van der Waals surface area contributed by atoms with Crippen LogP contribution in [0.2, 0.25) is 0 Å². The van der Waals surface area contributed by atoms with Gasteiger partial charge in [-0.25, -0.2) is 0 Å². The average molecular weight is 412 g/mol. The Hall–Kier alpha value is -2.80. The predicted molar refractivity (Wildman–Crippen MR) is 114 cm³/mol. The molecular weight excluding hydrogens is 386 g/mol. The first-order valence-corrected chi connectivity index (χ1v) is 10.5. The number of hydrogen-bond donors (Lipinski definition) is 0. The molecule has 0 N–H and O–H groups in total. The molecule has 0 aliphatic carbocycles. The number of aromatic nitrogens is 3. The molecule has 3 rings (SSSR count). The molecule has 1 atom stereocenters. The molecule has 1 unspecified atom stereocenters. The van der Waals surface area contributed by atoms with Crippen molar-refractivity contribution in [3.63, 3.8) is 0 Å². The van der Waals surface area contributed by atoms with Gasteiger partial charge in [-0.2, -0.15) is 0 Å². The van der Waals surface area contributed by atoms with Crippen LogP contribution in [-0.4, -0.2) is 39.2 Å². The summed E-state index contributed by atoms with van der Waals surface area (Å²) in [4.78, 5) is 12.1. The highest BCUT2D eigenvalue weighted by molar-refractivity contribution is 8.00. The molecule has 7 heteroatoms. The SMILES string of the molecule is CCOC(=O)C(C)Sc1nnc(Cc2ccccc2)n1-c1ccc(OCC)cc1. The lowest BCUT2D eigenvalue weighted by atomic mass is 10.1. The number of carbonyl (C=O) groups excluding carboxylic acids is 1. The topological polar surface area (TPSA) is 66.2 Å². The minimum absolute atomic E-state index is 0.261. The zero-order chi connectivity index (χ0) is 20.6. The molecule has 6 nitrogen and oxygen atoms in total. The van der Waals surface area contributed by atoms with E-state index in [0.717, 1.165) is 22.8 Å². The van der Waals surface area contributed by atoms with Crippen LogP contribution >= 0.6 is 11.8 Å². The van der Waals surface area contributed by atoms with Gasteiger partial charge in [-0.1, -0.05) is 42.1 Å². The lowest BCUT2D eigenvalue weighted by molar-refractivity contribution is -0.142. The third-order valence-electron chi connectivity index (χ3n) is 4.21. The number of nitrogens with zero attached hydrogens (tertiary/aromatic N) is 3. The van der Waals surface area contributed by atoms with E-state index < -0.39 is 0 Å². The first-order chi connectivity index (χ1) is 14.1. The molecule has 0 spiro atoms. The number of thioether (sulfide) groups is 1. The maximum absolute atomic E-state index is 12.1. The maximum atomic E-state index is 12.1. The van der Waals surface area contributed by atoms with E-state index in [4.69, 9.17) is 9.47 Å². The van der Waals surface area contributed by atoms with Crippen molar-refractivity contribution >= 4 is 17.7 Å². The Kier molecular flexibility index (Phi) is 7.30. The van der Waals surface area contributed by atoms with Gasteiger partial charge in [-0.3, -0.25) is 9.36 Å². The summed E-state index contributed by atoms with van der Waals surface area (Å²) >= 11 is 1.34. The zero-order valence-corrected chi connectivity index (χ0v) is 17.7. The van der Waals surface area contributed by atoms with Gasteiger partial charge in [0.05, 0.1) is 13.2 Å². The van der Waals surface area contributed by atoms with Gasteiger partial charge in [-0.05, 0) is 50.6 Å². The fourth-order valence-corrected chi connectivity index (χ4v) is 3.74. The van der Waals surface area contributed by atoms with E-state index in [0.29, 0.717) is 24.8 Å². The highest BCUT2D eigenvalue weighted by Gasteiger charge is 2.22. The van der Waals surface area contributed by atoms with Crippen molar-refractivity contribution < 1.29 is 14.3 Å². The smallest absolute Gasteiger partial charge is 0.319 e. The maximum Gasteiger partial charge on any atom is 0.319 e. The summed E-state index contributed by atoms with van der Waals surface area (Å²) in [5.74, 6) is 1.35. The summed E-state index contributed by atoms with van der Waals surface area (Å²) in [6.07, 6.45) is 0.634. The quantitative estimate of drug-likeness (QED) is 0.386. The largest absolute Gasteiger partial charge is 0.494 e. The molecule has 0 amide bonds.